The van der Waals surface area contributed by atoms with Gasteiger partial charge in [-0.05, 0) is 35.4 Å². The van der Waals surface area contributed by atoms with Crippen LogP contribution in [0.3, 0.4) is 0 Å². The van der Waals surface area contributed by atoms with E-state index >= 15 is 0 Å². The number of fused-ring (bicyclic) bond motifs is 1. The Kier molecular flexibility index (Phi) is 5.00. The van der Waals surface area contributed by atoms with E-state index in [2.05, 4.69) is 17.0 Å². The fourth-order valence-corrected chi connectivity index (χ4v) is 2.68. The molecule has 0 saturated heterocycles. The van der Waals surface area contributed by atoms with Crippen LogP contribution in [-0.2, 0) is 17.8 Å². The molecule has 1 heterocycles. The number of nitrogens with two attached hydrogens (primary N) is 1. The third kappa shape index (κ3) is 4.15. The van der Waals surface area contributed by atoms with Crippen molar-refractivity contribution in [1.82, 2.24) is 4.90 Å². The molecule has 1 aliphatic heterocycles. The summed E-state index contributed by atoms with van der Waals surface area (Å²) in [6.07, 6.45) is 0. The van der Waals surface area contributed by atoms with Crippen LogP contribution in [0.5, 0.6) is 11.5 Å². The average molecular weight is 314 g/mol. The van der Waals surface area contributed by atoms with Crippen molar-refractivity contribution in [2.75, 3.05) is 32.8 Å². The Hall–Kier alpha value is -2.24. The zero-order chi connectivity index (χ0) is 16.1. The van der Waals surface area contributed by atoms with Gasteiger partial charge in [-0.15, -0.1) is 0 Å². The summed E-state index contributed by atoms with van der Waals surface area (Å²) in [5, 5.41) is 0. The fraction of sp³-hybridized carbons (Fsp3) is 0.333. The Labute approximate surface area is 136 Å². The highest BCUT2D eigenvalue weighted by molar-refractivity contribution is 5.44. The number of benzene rings is 2. The molecule has 2 aromatic rings. The van der Waals surface area contributed by atoms with E-state index in [1.54, 1.807) is 7.11 Å². The maximum Gasteiger partial charge on any atom is 0.231 e. The number of ether oxygens (including phenoxy) is 3. The monoisotopic (exact) mass is 314 g/mol. The molecular weight excluding hydrogens is 292 g/mol. The molecule has 0 spiro atoms. The summed E-state index contributed by atoms with van der Waals surface area (Å²) in [5.41, 5.74) is 9.05. The van der Waals surface area contributed by atoms with Gasteiger partial charge in [-0.3, -0.25) is 4.90 Å². The van der Waals surface area contributed by atoms with Gasteiger partial charge in [-0.1, -0.05) is 18.2 Å². The molecule has 0 aromatic heterocycles. The molecule has 0 unspecified atom stereocenters. The minimum Gasteiger partial charge on any atom is -0.454 e. The molecular formula is C18H22N2O3. The number of nitrogen functional groups attached to an aromatic ring is 1. The van der Waals surface area contributed by atoms with Gasteiger partial charge in [-0.25, -0.2) is 0 Å². The molecule has 5 nitrogen and oxygen atoms in total. The van der Waals surface area contributed by atoms with Gasteiger partial charge in [0.05, 0.1) is 6.61 Å². The number of hydrogen-bond acceptors (Lipinski definition) is 5. The Morgan fingerprint density at radius 3 is 2.61 bits per heavy atom. The summed E-state index contributed by atoms with van der Waals surface area (Å²) in [6.45, 7) is 3.47. The van der Waals surface area contributed by atoms with Crippen LogP contribution in [0.2, 0.25) is 0 Å². The second-order valence-electron chi connectivity index (χ2n) is 5.64. The SMILES string of the molecule is COCCN(Cc1cccc(N)c1)Cc1ccc2c(c1)OCO2. The molecule has 0 radical (unpaired) electrons. The van der Waals surface area contributed by atoms with Gasteiger partial charge in [0.15, 0.2) is 11.5 Å². The van der Waals surface area contributed by atoms with Crippen molar-refractivity contribution in [3.05, 3.63) is 53.6 Å². The van der Waals surface area contributed by atoms with E-state index in [1.165, 1.54) is 11.1 Å². The molecule has 122 valence electrons. The fourth-order valence-electron chi connectivity index (χ4n) is 2.68. The topological polar surface area (TPSA) is 57.0 Å². The van der Waals surface area contributed by atoms with E-state index in [-0.39, 0.29) is 0 Å². The molecule has 0 aliphatic carbocycles. The van der Waals surface area contributed by atoms with Crippen LogP contribution in [0, 0.1) is 0 Å². The predicted molar refractivity (Wildman–Crippen MR) is 89.4 cm³/mol. The zero-order valence-corrected chi connectivity index (χ0v) is 13.3. The third-order valence-electron chi connectivity index (χ3n) is 3.81. The van der Waals surface area contributed by atoms with Gasteiger partial charge in [0.25, 0.3) is 0 Å². The third-order valence-corrected chi connectivity index (χ3v) is 3.81. The van der Waals surface area contributed by atoms with E-state index in [4.69, 9.17) is 19.9 Å². The van der Waals surface area contributed by atoms with Crippen molar-refractivity contribution in [3.63, 3.8) is 0 Å². The van der Waals surface area contributed by atoms with Crippen LogP contribution < -0.4 is 15.2 Å². The molecule has 2 N–H and O–H groups in total. The van der Waals surface area contributed by atoms with E-state index in [1.807, 2.05) is 30.3 Å². The number of anilines is 1. The Bertz CT molecular complexity index is 660. The van der Waals surface area contributed by atoms with E-state index in [9.17, 15) is 0 Å². The normalized spacial score (nSPS) is 12.8. The molecule has 0 bridgehead atoms. The average Bonchev–Trinajstić information content (AvgIpc) is 3.00. The van der Waals surface area contributed by atoms with Crippen LogP contribution in [0.1, 0.15) is 11.1 Å². The second-order valence-corrected chi connectivity index (χ2v) is 5.64. The van der Waals surface area contributed by atoms with Crippen molar-refractivity contribution < 1.29 is 14.2 Å². The number of nitrogens with zero attached hydrogens (tertiary/aromatic N) is 1. The molecule has 0 saturated carbocycles. The first-order valence-electron chi connectivity index (χ1n) is 7.69. The van der Waals surface area contributed by atoms with E-state index in [0.717, 1.165) is 36.8 Å². The molecule has 2 aromatic carbocycles. The van der Waals surface area contributed by atoms with Crippen LogP contribution in [0.25, 0.3) is 0 Å². The van der Waals surface area contributed by atoms with Gasteiger partial charge in [0.1, 0.15) is 0 Å². The predicted octanol–water partition coefficient (Wildman–Crippen LogP) is 2.65. The standard InChI is InChI=1S/C18H22N2O3/c1-21-8-7-20(11-14-3-2-4-16(19)9-14)12-15-5-6-17-18(10-15)23-13-22-17/h2-6,9-10H,7-8,11-13,19H2,1H3. The maximum atomic E-state index is 5.87. The molecule has 0 amide bonds. The minimum atomic E-state index is 0.301. The van der Waals surface area contributed by atoms with Crippen molar-refractivity contribution >= 4 is 5.69 Å². The summed E-state index contributed by atoms with van der Waals surface area (Å²) in [5.74, 6) is 1.63. The number of rotatable bonds is 7. The van der Waals surface area contributed by atoms with E-state index in [0.29, 0.717) is 13.4 Å². The van der Waals surface area contributed by atoms with Gasteiger partial charge < -0.3 is 19.9 Å². The zero-order valence-electron chi connectivity index (χ0n) is 13.3. The Morgan fingerprint density at radius 2 is 1.83 bits per heavy atom. The second kappa shape index (κ2) is 7.35. The highest BCUT2D eigenvalue weighted by Crippen LogP contribution is 2.32. The summed E-state index contributed by atoms with van der Waals surface area (Å²) in [6, 6.07) is 14.1. The number of hydrogen-bond donors (Lipinski definition) is 1. The van der Waals surface area contributed by atoms with Crippen LogP contribution in [0.15, 0.2) is 42.5 Å². The Morgan fingerprint density at radius 1 is 1.04 bits per heavy atom. The van der Waals surface area contributed by atoms with Crippen molar-refractivity contribution in [3.8, 4) is 11.5 Å². The first kappa shape index (κ1) is 15.6. The smallest absolute Gasteiger partial charge is 0.231 e. The lowest BCUT2D eigenvalue weighted by molar-refractivity contribution is 0.140. The lowest BCUT2D eigenvalue weighted by Crippen LogP contribution is -2.26. The summed E-state index contributed by atoms with van der Waals surface area (Å²) < 4.78 is 16.1. The summed E-state index contributed by atoms with van der Waals surface area (Å²) in [7, 11) is 1.72. The lowest BCUT2D eigenvalue weighted by Gasteiger charge is -2.22. The largest absolute Gasteiger partial charge is 0.454 e. The van der Waals surface area contributed by atoms with Crippen LogP contribution in [0.4, 0.5) is 5.69 Å². The van der Waals surface area contributed by atoms with Gasteiger partial charge in [0.2, 0.25) is 6.79 Å². The molecule has 0 fully saturated rings. The first-order chi connectivity index (χ1) is 11.2. The van der Waals surface area contributed by atoms with Crippen LogP contribution in [-0.4, -0.2) is 32.0 Å². The molecule has 23 heavy (non-hydrogen) atoms. The van der Waals surface area contributed by atoms with Gasteiger partial charge >= 0.3 is 0 Å². The maximum absolute atomic E-state index is 5.87. The highest BCUT2D eigenvalue weighted by Gasteiger charge is 2.15. The van der Waals surface area contributed by atoms with Crippen molar-refractivity contribution in [1.29, 1.82) is 0 Å². The molecule has 0 atom stereocenters. The Balaban J connectivity index is 1.71. The van der Waals surface area contributed by atoms with Gasteiger partial charge in [0, 0.05) is 32.4 Å². The molecule has 3 rings (SSSR count). The highest BCUT2D eigenvalue weighted by atomic mass is 16.7. The summed E-state index contributed by atoms with van der Waals surface area (Å²) in [4.78, 5) is 2.33. The van der Waals surface area contributed by atoms with Crippen molar-refractivity contribution in [2.24, 2.45) is 0 Å². The first-order valence-corrected chi connectivity index (χ1v) is 7.69. The lowest BCUT2D eigenvalue weighted by atomic mass is 10.1. The molecule has 1 aliphatic rings. The number of methoxy groups -OCH3 is 1. The minimum absolute atomic E-state index is 0.301. The quantitative estimate of drug-likeness (QED) is 0.796. The van der Waals surface area contributed by atoms with Crippen molar-refractivity contribution in [2.45, 2.75) is 13.1 Å². The summed E-state index contributed by atoms with van der Waals surface area (Å²) >= 11 is 0. The molecule has 5 heteroatoms. The van der Waals surface area contributed by atoms with Gasteiger partial charge in [-0.2, -0.15) is 0 Å². The van der Waals surface area contributed by atoms with Crippen LogP contribution >= 0.6 is 0 Å². The van der Waals surface area contributed by atoms with E-state index < -0.39 is 0 Å².